The van der Waals surface area contributed by atoms with E-state index in [1.165, 1.54) is 0 Å². The van der Waals surface area contributed by atoms with Gasteiger partial charge < -0.3 is 15.4 Å². The highest BCUT2D eigenvalue weighted by atomic mass is 32.2. The Morgan fingerprint density at radius 3 is 2.81 bits per heavy atom. The van der Waals surface area contributed by atoms with E-state index in [0.717, 1.165) is 10.6 Å². The number of para-hydroxylation sites is 1. The lowest BCUT2D eigenvalue weighted by Crippen LogP contribution is -2.38. The summed E-state index contributed by atoms with van der Waals surface area (Å²) in [6.45, 7) is 4.21. The van der Waals surface area contributed by atoms with E-state index in [-0.39, 0.29) is 18.0 Å². The van der Waals surface area contributed by atoms with Gasteiger partial charge in [-0.15, -0.1) is 11.8 Å². The molecule has 0 aliphatic rings. The van der Waals surface area contributed by atoms with Gasteiger partial charge in [0.25, 0.3) is 0 Å². The Hall–Kier alpha value is -1.71. The molecule has 2 atom stereocenters. The van der Waals surface area contributed by atoms with Gasteiger partial charge in [0.15, 0.2) is 0 Å². The molecule has 6 heteroatoms. The molecular formula is C15H21N3O2S. The lowest BCUT2D eigenvalue weighted by atomic mass is 10.3. The molecule has 5 nitrogen and oxygen atoms in total. The molecule has 0 saturated carbocycles. The largest absolute Gasteiger partial charge is 0.383 e. The normalized spacial score (nSPS) is 13.0. The first-order valence-corrected chi connectivity index (χ1v) is 7.73. The standard InChI is InChI=1S/C15H21N3O2S/c1-11(8-16)10-21-14-7-5-4-6-13(14)18-15(19)17-12(2)9-20-3/h4-7,11-12H,9-10H2,1-3H3,(H2,17,18,19). The van der Waals surface area contributed by atoms with Crippen LogP contribution in [0.3, 0.4) is 0 Å². The van der Waals surface area contributed by atoms with E-state index < -0.39 is 0 Å². The molecule has 0 bridgehead atoms. The molecule has 2 N–H and O–H groups in total. The van der Waals surface area contributed by atoms with Crippen molar-refractivity contribution >= 4 is 23.5 Å². The highest BCUT2D eigenvalue weighted by molar-refractivity contribution is 7.99. The number of urea groups is 1. The zero-order chi connectivity index (χ0) is 15.7. The van der Waals surface area contributed by atoms with E-state index in [2.05, 4.69) is 16.7 Å². The van der Waals surface area contributed by atoms with Gasteiger partial charge in [-0.25, -0.2) is 4.79 Å². The summed E-state index contributed by atoms with van der Waals surface area (Å²) in [6, 6.07) is 9.44. The van der Waals surface area contributed by atoms with Crippen molar-refractivity contribution in [1.29, 1.82) is 5.26 Å². The van der Waals surface area contributed by atoms with Gasteiger partial charge in [-0.3, -0.25) is 0 Å². The maximum atomic E-state index is 11.9. The van der Waals surface area contributed by atoms with Gasteiger partial charge in [-0.05, 0) is 26.0 Å². The number of thioether (sulfide) groups is 1. The maximum absolute atomic E-state index is 11.9. The fourth-order valence-electron chi connectivity index (χ4n) is 1.62. The second-order valence-electron chi connectivity index (χ2n) is 4.79. The van der Waals surface area contributed by atoms with Crippen molar-refractivity contribution in [2.75, 3.05) is 24.8 Å². The summed E-state index contributed by atoms with van der Waals surface area (Å²) in [5.74, 6) is 0.662. The molecule has 0 spiro atoms. The van der Waals surface area contributed by atoms with Crippen LogP contribution >= 0.6 is 11.8 Å². The Morgan fingerprint density at radius 1 is 1.43 bits per heavy atom. The number of hydrogen-bond donors (Lipinski definition) is 2. The van der Waals surface area contributed by atoms with Crippen molar-refractivity contribution < 1.29 is 9.53 Å². The number of anilines is 1. The third-order valence-corrected chi connectivity index (χ3v) is 3.97. The first kappa shape index (κ1) is 17.3. The number of carbonyl (C=O) groups is 1. The average Bonchev–Trinajstić information content (AvgIpc) is 2.46. The number of nitrogens with zero attached hydrogens (tertiary/aromatic N) is 1. The van der Waals surface area contributed by atoms with Gasteiger partial charge in [0.05, 0.1) is 30.3 Å². The topological polar surface area (TPSA) is 74.2 Å². The summed E-state index contributed by atoms with van der Waals surface area (Å²) in [4.78, 5) is 12.9. The number of benzene rings is 1. The summed E-state index contributed by atoms with van der Waals surface area (Å²) in [5.41, 5.74) is 0.745. The Labute approximate surface area is 130 Å². The molecule has 1 aromatic carbocycles. The third-order valence-electron chi connectivity index (χ3n) is 2.64. The average molecular weight is 307 g/mol. The fraction of sp³-hybridized carbons (Fsp3) is 0.467. The van der Waals surface area contributed by atoms with Crippen LogP contribution in [0.1, 0.15) is 13.8 Å². The van der Waals surface area contributed by atoms with Crippen LogP contribution < -0.4 is 10.6 Å². The molecule has 0 aliphatic heterocycles. The molecule has 114 valence electrons. The van der Waals surface area contributed by atoms with E-state index >= 15 is 0 Å². The van der Waals surface area contributed by atoms with Crippen LogP contribution in [-0.2, 0) is 4.74 Å². The summed E-state index contributed by atoms with van der Waals surface area (Å²) in [5, 5.41) is 14.5. The molecule has 2 amide bonds. The van der Waals surface area contributed by atoms with E-state index in [9.17, 15) is 4.79 Å². The monoisotopic (exact) mass is 307 g/mol. The number of amides is 2. The van der Waals surface area contributed by atoms with E-state index in [0.29, 0.717) is 12.4 Å². The first-order chi connectivity index (χ1) is 10.1. The van der Waals surface area contributed by atoms with Crippen LogP contribution in [0, 0.1) is 17.2 Å². The second-order valence-corrected chi connectivity index (χ2v) is 5.85. The lowest BCUT2D eigenvalue weighted by molar-refractivity contribution is 0.173. The molecule has 1 rings (SSSR count). The van der Waals surface area contributed by atoms with Crippen LogP contribution in [0.5, 0.6) is 0 Å². The molecule has 1 aromatic rings. The SMILES string of the molecule is COCC(C)NC(=O)Nc1ccccc1SCC(C)C#N. The van der Waals surface area contributed by atoms with Gasteiger partial charge >= 0.3 is 6.03 Å². The predicted octanol–water partition coefficient (Wildman–Crippen LogP) is 3.09. The predicted molar refractivity (Wildman–Crippen MR) is 85.4 cm³/mol. The van der Waals surface area contributed by atoms with Crippen LogP contribution in [0.25, 0.3) is 0 Å². The lowest BCUT2D eigenvalue weighted by Gasteiger charge is -2.15. The number of ether oxygens (including phenoxy) is 1. The zero-order valence-electron chi connectivity index (χ0n) is 12.6. The van der Waals surface area contributed by atoms with Crippen LogP contribution in [0.15, 0.2) is 29.2 Å². The van der Waals surface area contributed by atoms with E-state index in [1.807, 2.05) is 38.1 Å². The van der Waals surface area contributed by atoms with Gasteiger partial charge in [-0.1, -0.05) is 12.1 Å². The molecular weight excluding hydrogens is 286 g/mol. The third kappa shape index (κ3) is 6.52. The summed E-state index contributed by atoms with van der Waals surface area (Å²) < 4.78 is 4.98. The van der Waals surface area contributed by atoms with Crippen LogP contribution in [0.2, 0.25) is 0 Å². The summed E-state index contributed by atoms with van der Waals surface area (Å²) >= 11 is 1.56. The second kappa shape index (κ2) is 9.27. The van der Waals surface area contributed by atoms with Crippen molar-refractivity contribution in [3.63, 3.8) is 0 Å². The van der Waals surface area contributed by atoms with Crippen LogP contribution in [-0.4, -0.2) is 31.5 Å². The number of hydrogen-bond acceptors (Lipinski definition) is 4. The summed E-state index contributed by atoms with van der Waals surface area (Å²) in [6.07, 6.45) is 0. The van der Waals surface area contributed by atoms with Gasteiger partial charge in [0.2, 0.25) is 0 Å². The van der Waals surface area contributed by atoms with Gasteiger partial charge in [0.1, 0.15) is 0 Å². The fourth-order valence-corrected chi connectivity index (χ4v) is 2.58. The Kier molecular flexibility index (Phi) is 7.65. The Balaban J connectivity index is 2.62. The van der Waals surface area contributed by atoms with Gasteiger partial charge in [0, 0.05) is 17.8 Å². The molecule has 21 heavy (non-hydrogen) atoms. The maximum Gasteiger partial charge on any atom is 0.319 e. The van der Waals surface area contributed by atoms with Crippen molar-refractivity contribution in [3.8, 4) is 6.07 Å². The minimum atomic E-state index is -0.263. The minimum absolute atomic E-state index is 0.0291. The number of nitrogens with one attached hydrogen (secondary N) is 2. The van der Waals surface area contributed by atoms with Gasteiger partial charge in [-0.2, -0.15) is 5.26 Å². The quantitative estimate of drug-likeness (QED) is 0.759. The smallest absolute Gasteiger partial charge is 0.319 e. The number of methoxy groups -OCH3 is 1. The Morgan fingerprint density at radius 2 is 2.14 bits per heavy atom. The minimum Gasteiger partial charge on any atom is -0.383 e. The first-order valence-electron chi connectivity index (χ1n) is 6.74. The van der Waals surface area contributed by atoms with E-state index in [1.54, 1.807) is 18.9 Å². The molecule has 0 saturated heterocycles. The molecule has 0 radical (unpaired) electrons. The molecule has 0 aliphatic carbocycles. The van der Waals surface area contributed by atoms with Crippen molar-refractivity contribution in [3.05, 3.63) is 24.3 Å². The van der Waals surface area contributed by atoms with Crippen molar-refractivity contribution in [2.45, 2.75) is 24.8 Å². The molecule has 0 aromatic heterocycles. The van der Waals surface area contributed by atoms with E-state index in [4.69, 9.17) is 10.00 Å². The zero-order valence-corrected chi connectivity index (χ0v) is 13.4. The highest BCUT2D eigenvalue weighted by Crippen LogP contribution is 2.28. The Bertz CT molecular complexity index is 502. The molecule has 2 unspecified atom stereocenters. The number of rotatable bonds is 7. The molecule has 0 fully saturated rings. The van der Waals surface area contributed by atoms with Crippen molar-refractivity contribution in [1.82, 2.24) is 5.32 Å². The van der Waals surface area contributed by atoms with Crippen molar-refractivity contribution in [2.24, 2.45) is 5.92 Å². The number of nitriles is 1. The highest BCUT2D eigenvalue weighted by Gasteiger charge is 2.10. The molecule has 0 heterocycles. The number of carbonyl (C=O) groups excluding carboxylic acids is 1. The summed E-state index contributed by atoms with van der Waals surface area (Å²) in [7, 11) is 1.60. The van der Waals surface area contributed by atoms with Crippen LogP contribution in [0.4, 0.5) is 10.5 Å².